The Morgan fingerprint density at radius 3 is 3.00 bits per heavy atom. The van der Waals surface area contributed by atoms with Crippen molar-refractivity contribution in [3.8, 4) is 0 Å². The van der Waals surface area contributed by atoms with E-state index in [-0.39, 0.29) is 12.0 Å². The van der Waals surface area contributed by atoms with Gasteiger partial charge >= 0.3 is 5.97 Å². The number of aromatic nitrogens is 1. The molecule has 2 bridgehead atoms. The maximum Gasteiger partial charge on any atom is 0.323 e. The van der Waals surface area contributed by atoms with Gasteiger partial charge in [-0.1, -0.05) is 0 Å². The Morgan fingerprint density at radius 1 is 1.32 bits per heavy atom. The minimum Gasteiger partial charge on any atom is -0.464 e. The van der Waals surface area contributed by atoms with Gasteiger partial charge in [-0.2, -0.15) is 0 Å². The van der Waals surface area contributed by atoms with Crippen LogP contribution < -0.4 is 0 Å². The maximum atomic E-state index is 12.1. The van der Waals surface area contributed by atoms with Crippen LogP contribution in [0.5, 0.6) is 0 Å². The van der Waals surface area contributed by atoms with Gasteiger partial charge in [-0.3, -0.25) is 14.7 Å². The van der Waals surface area contributed by atoms with Crippen molar-refractivity contribution in [1.29, 1.82) is 0 Å². The van der Waals surface area contributed by atoms with Crippen LogP contribution in [0.2, 0.25) is 0 Å². The van der Waals surface area contributed by atoms with Crippen LogP contribution in [0, 0.1) is 5.92 Å². The van der Waals surface area contributed by atoms with Crippen molar-refractivity contribution < 1.29 is 9.53 Å². The van der Waals surface area contributed by atoms with Crippen molar-refractivity contribution in [2.24, 2.45) is 5.92 Å². The molecular formula is C15H20N2O2. The van der Waals surface area contributed by atoms with Gasteiger partial charge in [0.1, 0.15) is 6.04 Å². The molecule has 0 amide bonds. The normalized spacial score (nSPS) is 29.2. The lowest BCUT2D eigenvalue weighted by Crippen LogP contribution is -2.43. The summed E-state index contributed by atoms with van der Waals surface area (Å²) in [5.41, 5.74) is 1.16. The van der Waals surface area contributed by atoms with Gasteiger partial charge in [-0.15, -0.1) is 0 Å². The summed E-state index contributed by atoms with van der Waals surface area (Å²) < 4.78 is 5.44. The molecule has 2 aliphatic heterocycles. The lowest BCUT2D eigenvalue weighted by molar-refractivity contribution is -0.150. The fourth-order valence-electron chi connectivity index (χ4n) is 3.14. The number of rotatable bonds is 4. The number of nitrogens with zero attached hydrogens (tertiary/aromatic N) is 2. The SMILES string of the molecule is O=C(OCCc1ccncc1)C1CCC2CCN1C2. The Kier molecular flexibility index (Phi) is 3.78. The zero-order valence-electron chi connectivity index (χ0n) is 11.1. The number of hydrogen-bond donors (Lipinski definition) is 0. The van der Waals surface area contributed by atoms with E-state index in [9.17, 15) is 4.79 Å². The van der Waals surface area contributed by atoms with Gasteiger partial charge in [0.25, 0.3) is 0 Å². The third-order valence-corrected chi connectivity index (χ3v) is 4.26. The first-order chi connectivity index (χ1) is 9.33. The number of pyridine rings is 1. The Hall–Kier alpha value is -1.42. The topological polar surface area (TPSA) is 42.4 Å². The molecule has 4 nitrogen and oxygen atoms in total. The van der Waals surface area contributed by atoms with Crippen molar-refractivity contribution in [3.05, 3.63) is 30.1 Å². The number of carbonyl (C=O) groups excluding carboxylic acids is 1. The minimum atomic E-state index is -0.0330. The molecule has 0 spiro atoms. The second-order valence-electron chi connectivity index (χ2n) is 5.52. The van der Waals surface area contributed by atoms with Crippen LogP contribution in [0.15, 0.2) is 24.5 Å². The molecular weight excluding hydrogens is 240 g/mol. The predicted molar refractivity (Wildman–Crippen MR) is 71.6 cm³/mol. The summed E-state index contributed by atoms with van der Waals surface area (Å²) in [7, 11) is 0. The number of piperidine rings is 1. The molecule has 0 saturated carbocycles. The van der Waals surface area contributed by atoms with Crippen LogP contribution in [-0.2, 0) is 16.0 Å². The van der Waals surface area contributed by atoms with Crippen LogP contribution in [-0.4, -0.2) is 41.6 Å². The second kappa shape index (κ2) is 5.70. The highest BCUT2D eigenvalue weighted by molar-refractivity contribution is 5.76. The molecule has 0 radical (unpaired) electrons. The molecule has 2 saturated heterocycles. The van der Waals surface area contributed by atoms with Crippen molar-refractivity contribution >= 4 is 5.97 Å². The van der Waals surface area contributed by atoms with Gasteiger partial charge in [0, 0.05) is 25.4 Å². The first-order valence-corrected chi connectivity index (χ1v) is 7.12. The van der Waals surface area contributed by atoms with Gasteiger partial charge < -0.3 is 4.74 Å². The highest BCUT2D eigenvalue weighted by atomic mass is 16.5. The first-order valence-electron chi connectivity index (χ1n) is 7.12. The molecule has 3 heterocycles. The number of esters is 1. The number of ether oxygens (including phenoxy) is 1. The minimum absolute atomic E-state index is 0.0104. The summed E-state index contributed by atoms with van der Waals surface area (Å²) in [5.74, 6) is 0.787. The Morgan fingerprint density at radius 2 is 2.16 bits per heavy atom. The maximum absolute atomic E-state index is 12.1. The smallest absolute Gasteiger partial charge is 0.323 e. The highest BCUT2D eigenvalue weighted by Gasteiger charge is 2.37. The Balaban J connectivity index is 1.46. The molecule has 3 unspecified atom stereocenters. The molecule has 102 valence electrons. The van der Waals surface area contributed by atoms with Gasteiger partial charge in [-0.05, 0) is 49.4 Å². The standard InChI is InChI=1S/C15H20N2O2/c18-15(14-2-1-13-5-9-17(14)11-13)19-10-6-12-3-7-16-8-4-12/h3-4,7-8,13-14H,1-2,5-6,9-11H2. The third-order valence-electron chi connectivity index (χ3n) is 4.26. The molecule has 0 aliphatic carbocycles. The monoisotopic (exact) mass is 260 g/mol. The van der Waals surface area contributed by atoms with Crippen LogP contribution in [0.25, 0.3) is 0 Å². The molecule has 1 aromatic rings. The average Bonchev–Trinajstić information content (AvgIpc) is 2.81. The highest BCUT2D eigenvalue weighted by Crippen LogP contribution is 2.31. The average molecular weight is 260 g/mol. The number of fused-ring (bicyclic) bond motifs is 2. The van der Waals surface area contributed by atoms with E-state index in [1.54, 1.807) is 12.4 Å². The van der Waals surface area contributed by atoms with Crippen molar-refractivity contribution in [1.82, 2.24) is 9.88 Å². The fourth-order valence-corrected chi connectivity index (χ4v) is 3.14. The van der Waals surface area contributed by atoms with Crippen molar-refractivity contribution in [2.75, 3.05) is 19.7 Å². The predicted octanol–water partition coefficient (Wildman–Crippen LogP) is 1.65. The van der Waals surface area contributed by atoms with E-state index in [0.717, 1.165) is 37.4 Å². The molecule has 2 aliphatic rings. The Labute approximate surface area is 113 Å². The van der Waals surface area contributed by atoms with Gasteiger partial charge in [0.15, 0.2) is 0 Å². The largest absolute Gasteiger partial charge is 0.464 e. The molecule has 3 rings (SSSR count). The van der Waals surface area contributed by atoms with E-state index in [1.165, 1.54) is 12.8 Å². The summed E-state index contributed by atoms with van der Waals surface area (Å²) in [4.78, 5) is 18.4. The lowest BCUT2D eigenvalue weighted by atomic mass is 9.96. The van der Waals surface area contributed by atoms with Crippen LogP contribution >= 0.6 is 0 Å². The van der Waals surface area contributed by atoms with Crippen LogP contribution in [0.1, 0.15) is 24.8 Å². The zero-order valence-corrected chi connectivity index (χ0v) is 11.1. The Bertz CT molecular complexity index is 435. The number of carbonyl (C=O) groups is 1. The molecule has 4 heteroatoms. The quantitative estimate of drug-likeness (QED) is 0.772. The molecule has 0 N–H and O–H groups in total. The lowest BCUT2D eigenvalue weighted by Gasteiger charge is -2.30. The van der Waals surface area contributed by atoms with E-state index in [1.807, 2.05) is 12.1 Å². The van der Waals surface area contributed by atoms with Crippen LogP contribution in [0.3, 0.4) is 0 Å². The van der Waals surface area contributed by atoms with E-state index in [0.29, 0.717) is 6.61 Å². The molecule has 19 heavy (non-hydrogen) atoms. The van der Waals surface area contributed by atoms with Gasteiger partial charge in [-0.25, -0.2) is 0 Å². The molecule has 2 fully saturated rings. The molecule has 0 aromatic carbocycles. The molecule has 3 atom stereocenters. The molecule has 1 aromatic heterocycles. The summed E-state index contributed by atoms with van der Waals surface area (Å²) in [6.07, 6.45) is 7.70. The summed E-state index contributed by atoms with van der Waals surface area (Å²) in [6.45, 7) is 2.62. The summed E-state index contributed by atoms with van der Waals surface area (Å²) in [6, 6.07) is 3.93. The zero-order chi connectivity index (χ0) is 13.1. The second-order valence-corrected chi connectivity index (χ2v) is 5.52. The first kappa shape index (κ1) is 12.6. The fraction of sp³-hybridized carbons (Fsp3) is 0.600. The van der Waals surface area contributed by atoms with Gasteiger partial charge in [0.05, 0.1) is 6.61 Å². The van der Waals surface area contributed by atoms with Gasteiger partial charge in [0.2, 0.25) is 0 Å². The van der Waals surface area contributed by atoms with E-state index in [2.05, 4.69) is 9.88 Å². The van der Waals surface area contributed by atoms with E-state index in [4.69, 9.17) is 4.74 Å². The summed E-state index contributed by atoms with van der Waals surface area (Å²) >= 11 is 0. The van der Waals surface area contributed by atoms with E-state index >= 15 is 0 Å². The van der Waals surface area contributed by atoms with E-state index < -0.39 is 0 Å². The van der Waals surface area contributed by atoms with Crippen molar-refractivity contribution in [2.45, 2.75) is 31.7 Å². The van der Waals surface area contributed by atoms with Crippen LogP contribution in [0.4, 0.5) is 0 Å². The van der Waals surface area contributed by atoms with Crippen molar-refractivity contribution in [3.63, 3.8) is 0 Å². The third kappa shape index (κ3) is 2.95. The number of hydrogen-bond acceptors (Lipinski definition) is 4. The summed E-state index contributed by atoms with van der Waals surface area (Å²) in [5, 5.41) is 0.